The molecule has 1 fully saturated rings. The largest absolute Gasteiger partial charge is 0.337 e. The van der Waals surface area contributed by atoms with E-state index in [9.17, 15) is 4.79 Å². The van der Waals surface area contributed by atoms with Crippen molar-refractivity contribution in [2.75, 3.05) is 13.1 Å². The second-order valence-electron chi connectivity index (χ2n) is 6.34. The molecule has 1 aromatic carbocycles. The van der Waals surface area contributed by atoms with Gasteiger partial charge in [-0.25, -0.2) is 9.67 Å². The van der Waals surface area contributed by atoms with Crippen LogP contribution in [0.4, 0.5) is 0 Å². The monoisotopic (exact) mass is 336 g/mol. The quantitative estimate of drug-likeness (QED) is 0.731. The molecule has 0 radical (unpaired) electrons. The zero-order chi connectivity index (χ0) is 17.1. The highest BCUT2D eigenvalue weighted by molar-refractivity contribution is 5.93. The molecule has 1 aliphatic rings. The maximum Gasteiger partial charge on any atom is 0.272 e. The molecule has 3 aromatic rings. The highest BCUT2D eigenvalue weighted by atomic mass is 16.2. The van der Waals surface area contributed by atoms with E-state index >= 15 is 0 Å². The Balaban J connectivity index is 1.50. The number of para-hydroxylation sites is 1. The van der Waals surface area contributed by atoms with Gasteiger partial charge in [0.2, 0.25) is 0 Å². The lowest BCUT2D eigenvalue weighted by Crippen LogP contribution is -2.41. The molecule has 25 heavy (non-hydrogen) atoms. The van der Waals surface area contributed by atoms with Crippen LogP contribution in [-0.2, 0) is 6.54 Å². The van der Waals surface area contributed by atoms with E-state index in [1.165, 1.54) is 0 Å². The summed E-state index contributed by atoms with van der Waals surface area (Å²) < 4.78 is 3.55. The zero-order valence-electron chi connectivity index (χ0n) is 13.9. The van der Waals surface area contributed by atoms with Gasteiger partial charge >= 0.3 is 0 Å². The molecule has 7 heteroatoms. The number of carbonyl (C=O) groups is 1. The Hall–Kier alpha value is -2.96. The average Bonchev–Trinajstić information content (AvgIpc) is 3.34. The van der Waals surface area contributed by atoms with Gasteiger partial charge in [-0.3, -0.25) is 9.48 Å². The van der Waals surface area contributed by atoms with E-state index in [0.29, 0.717) is 11.6 Å². The molecule has 0 N–H and O–H groups in total. The van der Waals surface area contributed by atoms with E-state index in [2.05, 4.69) is 15.2 Å². The summed E-state index contributed by atoms with van der Waals surface area (Å²) in [6, 6.07) is 11.5. The number of aromatic nitrogens is 5. The Morgan fingerprint density at radius 3 is 2.84 bits per heavy atom. The van der Waals surface area contributed by atoms with Gasteiger partial charge in [-0.05, 0) is 37.0 Å². The lowest BCUT2D eigenvalue weighted by molar-refractivity contribution is 0.0650. The summed E-state index contributed by atoms with van der Waals surface area (Å²) in [7, 11) is 0. The predicted molar refractivity (Wildman–Crippen MR) is 92.2 cm³/mol. The van der Waals surface area contributed by atoms with Gasteiger partial charge in [-0.2, -0.15) is 10.2 Å². The first-order valence-corrected chi connectivity index (χ1v) is 8.52. The second kappa shape index (κ2) is 6.88. The molecule has 4 rings (SSSR count). The van der Waals surface area contributed by atoms with Gasteiger partial charge in [0.25, 0.3) is 5.91 Å². The molecule has 0 spiro atoms. The van der Waals surface area contributed by atoms with Crippen molar-refractivity contribution in [1.82, 2.24) is 29.4 Å². The van der Waals surface area contributed by atoms with Crippen LogP contribution in [0.25, 0.3) is 5.69 Å². The fraction of sp³-hybridized carbons (Fsp3) is 0.333. The Morgan fingerprint density at radius 2 is 2.04 bits per heavy atom. The minimum absolute atomic E-state index is 0.0321. The molecule has 0 aliphatic carbocycles. The normalized spacial score (nSPS) is 17.6. The summed E-state index contributed by atoms with van der Waals surface area (Å²) in [5.74, 6) is 0.428. The standard InChI is InChI=1S/C18H20N6O/c25-18(17-8-9-20-24(17)16-6-2-1-3-7-16)22-10-4-5-15(11-22)12-23-14-19-13-21-23/h1-3,6-9,13-15H,4-5,10-12H2/t15-/m0/s1. The van der Waals surface area contributed by atoms with Gasteiger partial charge in [-0.15, -0.1) is 0 Å². The van der Waals surface area contributed by atoms with E-state index in [0.717, 1.165) is 38.2 Å². The van der Waals surface area contributed by atoms with Crippen molar-refractivity contribution in [3.63, 3.8) is 0 Å². The van der Waals surface area contributed by atoms with E-state index < -0.39 is 0 Å². The number of hydrogen-bond acceptors (Lipinski definition) is 4. The van der Waals surface area contributed by atoms with Crippen molar-refractivity contribution >= 4 is 5.91 Å². The van der Waals surface area contributed by atoms with Gasteiger partial charge < -0.3 is 4.90 Å². The summed E-state index contributed by atoms with van der Waals surface area (Å²) >= 11 is 0. The first kappa shape index (κ1) is 15.6. The van der Waals surface area contributed by atoms with Crippen molar-refractivity contribution in [3.05, 3.63) is 60.9 Å². The summed E-state index contributed by atoms with van der Waals surface area (Å²) in [6.45, 7) is 2.31. The predicted octanol–water partition coefficient (Wildman–Crippen LogP) is 2.02. The molecule has 7 nitrogen and oxygen atoms in total. The Morgan fingerprint density at radius 1 is 1.16 bits per heavy atom. The van der Waals surface area contributed by atoms with Crippen molar-refractivity contribution in [3.8, 4) is 5.69 Å². The van der Waals surface area contributed by atoms with Crippen LogP contribution in [-0.4, -0.2) is 48.4 Å². The molecule has 2 aromatic heterocycles. The van der Waals surface area contributed by atoms with Gasteiger partial charge in [0.15, 0.2) is 0 Å². The highest BCUT2D eigenvalue weighted by Crippen LogP contribution is 2.21. The molecule has 1 atom stereocenters. The summed E-state index contributed by atoms with van der Waals surface area (Å²) in [4.78, 5) is 19.0. The summed E-state index contributed by atoms with van der Waals surface area (Å²) in [6.07, 6.45) is 7.05. The smallest absolute Gasteiger partial charge is 0.272 e. The fourth-order valence-electron chi connectivity index (χ4n) is 3.39. The van der Waals surface area contributed by atoms with Gasteiger partial charge in [0.05, 0.1) is 11.9 Å². The van der Waals surface area contributed by atoms with Crippen LogP contribution in [0.3, 0.4) is 0 Å². The van der Waals surface area contributed by atoms with E-state index in [1.54, 1.807) is 29.6 Å². The number of likely N-dealkylation sites (tertiary alicyclic amines) is 1. The Labute approximate surface area is 145 Å². The molecule has 0 saturated carbocycles. The molecule has 3 heterocycles. The number of rotatable bonds is 4. The third-order valence-corrected chi connectivity index (χ3v) is 4.58. The molecular weight excluding hydrogens is 316 g/mol. The number of benzene rings is 1. The Kier molecular flexibility index (Phi) is 4.28. The van der Waals surface area contributed by atoms with E-state index in [-0.39, 0.29) is 5.91 Å². The van der Waals surface area contributed by atoms with Crippen LogP contribution >= 0.6 is 0 Å². The molecule has 128 valence electrons. The number of carbonyl (C=O) groups excluding carboxylic acids is 1. The fourth-order valence-corrected chi connectivity index (χ4v) is 3.39. The first-order valence-electron chi connectivity index (χ1n) is 8.52. The number of piperidine rings is 1. The molecule has 1 aliphatic heterocycles. The topological polar surface area (TPSA) is 68.8 Å². The van der Waals surface area contributed by atoms with Crippen LogP contribution < -0.4 is 0 Å². The lowest BCUT2D eigenvalue weighted by atomic mass is 9.98. The second-order valence-corrected chi connectivity index (χ2v) is 6.34. The van der Waals surface area contributed by atoms with Crippen LogP contribution in [0.15, 0.2) is 55.2 Å². The molecular formula is C18H20N6O. The van der Waals surface area contributed by atoms with Gasteiger partial charge in [-0.1, -0.05) is 18.2 Å². The molecule has 1 saturated heterocycles. The first-order chi connectivity index (χ1) is 12.3. The minimum Gasteiger partial charge on any atom is -0.337 e. The van der Waals surface area contributed by atoms with E-state index in [1.807, 2.05) is 39.9 Å². The number of hydrogen-bond donors (Lipinski definition) is 0. The van der Waals surface area contributed by atoms with Crippen LogP contribution in [0, 0.1) is 5.92 Å². The molecule has 0 unspecified atom stereocenters. The number of nitrogens with zero attached hydrogens (tertiary/aromatic N) is 6. The zero-order valence-corrected chi connectivity index (χ0v) is 13.9. The highest BCUT2D eigenvalue weighted by Gasteiger charge is 2.27. The minimum atomic E-state index is 0.0321. The molecule has 0 bridgehead atoms. The van der Waals surface area contributed by atoms with Gasteiger partial charge in [0.1, 0.15) is 18.3 Å². The Bertz CT molecular complexity index is 826. The lowest BCUT2D eigenvalue weighted by Gasteiger charge is -2.32. The van der Waals surface area contributed by atoms with Crippen molar-refractivity contribution in [1.29, 1.82) is 0 Å². The van der Waals surface area contributed by atoms with Crippen LogP contribution in [0.1, 0.15) is 23.3 Å². The summed E-state index contributed by atoms with van der Waals surface area (Å²) in [5, 5.41) is 8.50. The van der Waals surface area contributed by atoms with Crippen molar-refractivity contribution < 1.29 is 4.79 Å². The van der Waals surface area contributed by atoms with E-state index in [4.69, 9.17) is 0 Å². The summed E-state index contributed by atoms with van der Waals surface area (Å²) in [5.41, 5.74) is 1.50. The third-order valence-electron chi connectivity index (χ3n) is 4.58. The van der Waals surface area contributed by atoms with Crippen LogP contribution in [0.5, 0.6) is 0 Å². The van der Waals surface area contributed by atoms with Gasteiger partial charge in [0, 0.05) is 19.6 Å². The maximum absolute atomic E-state index is 13.0. The van der Waals surface area contributed by atoms with Crippen molar-refractivity contribution in [2.45, 2.75) is 19.4 Å². The van der Waals surface area contributed by atoms with Crippen LogP contribution in [0.2, 0.25) is 0 Å². The SMILES string of the molecule is O=C(c1ccnn1-c1ccccc1)N1CCC[C@H](Cn2cncn2)C1. The third kappa shape index (κ3) is 3.31. The maximum atomic E-state index is 13.0. The number of amides is 1. The van der Waals surface area contributed by atoms with Crippen molar-refractivity contribution in [2.24, 2.45) is 5.92 Å². The molecule has 1 amide bonds. The average molecular weight is 336 g/mol.